The van der Waals surface area contributed by atoms with Crippen molar-refractivity contribution in [1.29, 1.82) is 0 Å². The molecule has 0 aliphatic carbocycles. The summed E-state index contributed by atoms with van der Waals surface area (Å²) in [5, 5.41) is 2.24. The second-order valence-electron chi connectivity index (χ2n) is 4.26. The van der Waals surface area contributed by atoms with E-state index >= 15 is 0 Å². The minimum Gasteiger partial charge on any atom is -0.277 e. The predicted molar refractivity (Wildman–Crippen MR) is 64.2 cm³/mol. The number of carbonyl (C=O) groups is 3. The molecule has 0 spiro atoms. The molecule has 4 amide bonds. The third-order valence-electron chi connectivity index (χ3n) is 3.63. The van der Waals surface area contributed by atoms with E-state index < -0.39 is 23.3 Å². The maximum absolute atomic E-state index is 12.1. The van der Waals surface area contributed by atoms with Gasteiger partial charge in [0.15, 0.2) is 0 Å². The van der Waals surface area contributed by atoms with Gasteiger partial charge in [0.1, 0.15) is 5.41 Å². The maximum atomic E-state index is 12.1. The molecule has 1 N–H and O–H groups in total. The number of imide groups is 2. The van der Waals surface area contributed by atoms with Crippen LogP contribution in [0.1, 0.15) is 33.6 Å². The van der Waals surface area contributed by atoms with Crippen molar-refractivity contribution in [3.05, 3.63) is 0 Å². The molecule has 2 unspecified atom stereocenters. The molecular formula is C11H18CaN2O3+2. The van der Waals surface area contributed by atoms with Crippen molar-refractivity contribution >= 4 is 55.6 Å². The van der Waals surface area contributed by atoms with Gasteiger partial charge in [0.2, 0.25) is 11.8 Å². The van der Waals surface area contributed by atoms with E-state index in [2.05, 4.69) is 5.32 Å². The average Bonchev–Trinajstić information content (AvgIpc) is 2.27. The van der Waals surface area contributed by atoms with Gasteiger partial charge in [0.05, 0.1) is 0 Å². The van der Waals surface area contributed by atoms with Crippen LogP contribution < -0.4 is 5.32 Å². The summed E-state index contributed by atoms with van der Waals surface area (Å²) in [7, 11) is 1.40. The standard InChI is InChI=1S/C11H18N2O3.Ca/c1-5-7(3)11(6-2)8(14)12-10(16)13(4)9(11)15;/h7H,5-6H2,1-4H3,(H,12,14,16);/q;+2. The Morgan fingerprint density at radius 3 is 2.24 bits per heavy atom. The van der Waals surface area contributed by atoms with Gasteiger partial charge in [-0.1, -0.05) is 27.2 Å². The molecule has 1 aliphatic rings. The van der Waals surface area contributed by atoms with Crippen molar-refractivity contribution in [2.45, 2.75) is 33.6 Å². The Balaban J connectivity index is 0.00000256. The molecule has 1 fully saturated rings. The molecule has 90 valence electrons. The summed E-state index contributed by atoms with van der Waals surface area (Å²) in [6.45, 7) is 5.59. The van der Waals surface area contributed by atoms with Crippen LogP contribution in [0.25, 0.3) is 0 Å². The van der Waals surface area contributed by atoms with Crippen LogP contribution in [0, 0.1) is 11.3 Å². The topological polar surface area (TPSA) is 66.5 Å². The quantitative estimate of drug-likeness (QED) is 0.605. The number of nitrogens with zero attached hydrogens (tertiary/aromatic N) is 1. The first-order chi connectivity index (χ1) is 7.41. The van der Waals surface area contributed by atoms with Crippen molar-refractivity contribution in [2.24, 2.45) is 11.3 Å². The molecule has 6 heteroatoms. The Bertz CT molecular complexity index is 346. The second-order valence-corrected chi connectivity index (χ2v) is 4.26. The number of nitrogens with one attached hydrogen (secondary N) is 1. The molecule has 17 heavy (non-hydrogen) atoms. The molecule has 1 heterocycles. The summed E-state index contributed by atoms with van der Waals surface area (Å²) in [6, 6.07) is -0.637. The van der Waals surface area contributed by atoms with E-state index in [4.69, 9.17) is 0 Å². The molecule has 0 aromatic rings. The Kier molecular flexibility index (Phi) is 6.11. The zero-order valence-electron chi connectivity index (χ0n) is 10.9. The van der Waals surface area contributed by atoms with Crippen LogP contribution in [0.5, 0.6) is 0 Å². The van der Waals surface area contributed by atoms with Gasteiger partial charge < -0.3 is 0 Å². The van der Waals surface area contributed by atoms with E-state index in [0.717, 1.165) is 11.3 Å². The molecule has 0 aromatic heterocycles. The van der Waals surface area contributed by atoms with E-state index in [1.807, 2.05) is 13.8 Å². The van der Waals surface area contributed by atoms with Crippen LogP contribution in [0.15, 0.2) is 0 Å². The fourth-order valence-corrected chi connectivity index (χ4v) is 2.22. The third-order valence-corrected chi connectivity index (χ3v) is 3.63. The molecule has 1 rings (SSSR count). The van der Waals surface area contributed by atoms with Crippen LogP contribution in [-0.4, -0.2) is 67.5 Å². The fraction of sp³-hybridized carbons (Fsp3) is 0.727. The van der Waals surface area contributed by atoms with Gasteiger partial charge in [-0.25, -0.2) is 4.79 Å². The van der Waals surface area contributed by atoms with Gasteiger partial charge in [-0.15, -0.1) is 0 Å². The number of barbiturate groups is 1. The number of carbonyl (C=O) groups excluding carboxylic acids is 3. The molecule has 0 saturated carbocycles. The zero-order valence-corrected chi connectivity index (χ0v) is 13.1. The van der Waals surface area contributed by atoms with E-state index in [9.17, 15) is 14.4 Å². The van der Waals surface area contributed by atoms with Crippen molar-refractivity contribution < 1.29 is 14.4 Å². The number of rotatable bonds is 3. The van der Waals surface area contributed by atoms with Crippen LogP contribution in [0.3, 0.4) is 0 Å². The predicted octanol–water partition coefficient (Wildman–Crippen LogP) is 0.756. The van der Waals surface area contributed by atoms with E-state index in [1.54, 1.807) is 6.92 Å². The largest absolute Gasteiger partial charge is 2.00 e. The molecular weight excluding hydrogens is 248 g/mol. The van der Waals surface area contributed by atoms with Crippen LogP contribution in [0.2, 0.25) is 0 Å². The number of urea groups is 1. The average molecular weight is 266 g/mol. The van der Waals surface area contributed by atoms with Crippen molar-refractivity contribution in [3.8, 4) is 0 Å². The van der Waals surface area contributed by atoms with Crippen LogP contribution >= 0.6 is 0 Å². The van der Waals surface area contributed by atoms with Crippen molar-refractivity contribution in [3.63, 3.8) is 0 Å². The molecule has 1 aliphatic heterocycles. The first-order valence-corrected chi connectivity index (χ1v) is 5.55. The molecule has 2 atom stereocenters. The number of hydrogen-bond donors (Lipinski definition) is 1. The van der Waals surface area contributed by atoms with Crippen LogP contribution in [-0.2, 0) is 9.59 Å². The second kappa shape index (κ2) is 6.16. The SMILES string of the molecule is CCC(C)C1(CC)C(=O)NC(=O)N(C)C1=O.[Ca+2]. The molecule has 0 aromatic carbocycles. The summed E-state index contributed by atoms with van der Waals surface area (Å²) < 4.78 is 0. The Hall–Kier alpha value is -0.130. The zero-order chi connectivity index (χ0) is 12.5. The molecule has 1 saturated heterocycles. The fourth-order valence-electron chi connectivity index (χ4n) is 2.22. The minimum atomic E-state index is -1.09. The van der Waals surface area contributed by atoms with Gasteiger partial charge in [-0.3, -0.25) is 19.8 Å². The minimum absolute atomic E-state index is 0. The monoisotopic (exact) mass is 266 g/mol. The first kappa shape index (κ1) is 16.9. The molecule has 0 bridgehead atoms. The van der Waals surface area contributed by atoms with Gasteiger partial charge in [-0.2, -0.15) is 0 Å². The van der Waals surface area contributed by atoms with E-state index in [-0.39, 0.29) is 43.7 Å². The van der Waals surface area contributed by atoms with E-state index in [1.165, 1.54) is 7.05 Å². The Labute approximate surface area is 131 Å². The normalized spacial score (nSPS) is 26.4. The summed E-state index contributed by atoms with van der Waals surface area (Å²) in [4.78, 5) is 36.4. The van der Waals surface area contributed by atoms with Crippen molar-refractivity contribution in [2.75, 3.05) is 7.05 Å². The van der Waals surface area contributed by atoms with Gasteiger partial charge in [0, 0.05) is 7.05 Å². The smallest absolute Gasteiger partial charge is 0.277 e. The van der Waals surface area contributed by atoms with Crippen molar-refractivity contribution in [1.82, 2.24) is 10.2 Å². The van der Waals surface area contributed by atoms with Gasteiger partial charge >= 0.3 is 43.8 Å². The molecule has 0 radical (unpaired) electrons. The Morgan fingerprint density at radius 1 is 1.29 bits per heavy atom. The summed E-state index contributed by atoms with van der Waals surface area (Å²) >= 11 is 0. The van der Waals surface area contributed by atoms with Gasteiger partial charge in [0.25, 0.3) is 0 Å². The third kappa shape index (κ3) is 2.51. The first-order valence-electron chi connectivity index (χ1n) is 5.55. The Morgan fingerprint density at radius 2 is 1.82 bits per heavy atom. The van der Waals surface area contributed by atoms with Crippen LogP contribution in [0.4, 0.5) is 4.79 Å². The number of hydrogen-bond acceptors (Lipinski definition) is 3. The van der Waals surface area contributed by atoms with Gasteiger partial charge in [-0.05, 0) is 12.3 Å². The maximum Gasteiger partial charge on any atom is 2.00 e. The summed E-state index contributed by atoms with van der Waals surface area (Å²) in [5.74, 6) is -0.934. The van der Waals surface area contributed by atoms with E-state index in [0.29, 0.717) is 6.42 Å². The molecule has 5 nitrogen and oxygen atoms in total. The summed E-state index contributed by atoms with van der Waals surface area (Å²) in [6.07, 6.45) is 1.12. The number of amides is 4. The summed E-state index contributed by atoms with van der Waals surface area (Å²) in [5.41, 5.74) is -1.09.